The number of nitrogens with zero attached hydrogens (tertiary/aromatic N) is 3. The summed E-state index contributed by atoms with van der Waals surface area (Å²) in [6.07, 6.45) is 4.55. The van der Waals surface area contributed by atoms with Gasteiger partial charge in [-0.15, -0.1) is 0 Å². The number of carbonyl (C=O) groups excluding carboxylic acids is 2. The first-order valence-corrected chi connectivity index (χ1v) is 10.8. The lowest BCUT2D eigenvalue weighted by atomic mass is 9.76. The van der Waals surface area contributed by atoms with Crippen molar-refractivity contribution >= 4 is 27.6 Å². The molecule has 1 aliphatic carbocycles. The van der Waals surface area contributed by atoms with Crippen LogP contribution in [0.4, 0.5) is 0 Å². The minimum Gasteiger partial charge on any atom is -0.496 e. The van der Waals surface area contributed by atoms with Gasteiger partial charge in [-0.05, 0) is 58.6 Å². The fourth-order valence-corrected chi connectivity index (χ4v) is 4.63. The maximum absolute atomic E-state index is 13.1. The van der Waals surface area contributed by atoms with E-state index < -0.39 is 11.8 Å². The molecule has 8 nitrogen and oxygen atoms in total. The van der Waals surface area contributed by atoms with Crippen LogP contribution in [0.25, 0.3) is 0 Å². The van der Waals surface area contributed by atoms with Crippen LogP contribution in [0.1, 0.15) is 41.1 Å². The quantitative estimate of drug-likeness (QED) is 0.669. The van der Waals surface area contributed by atoms with Crippen molar-refractivity contribution in [3.63, 3.8) is 0 Å². The van der Waals surface area contributed by atoms with Crippen molar-refractivity contribution in [3.8, 4) is 11.8 Å². The maximum atomic E-state index is 13.1. The molecule has 9 heteroatoms. The van der Waals surface area contributed by atoms with Crippen molar-refractivity contribution < 1.29 is 14.3 Å². The number of halogens is 1. The van der Waals surface area contributed by atoms with E-state index in [2.05, 4.69) is 32.4 Å². The van der Waals surface area contributed by atoms with Gasteiger partial charge in [-0.25, -0.2) is 5.01 Å². The number of allylic oxidation sites excluding steroid dienone is 3. The average Bonchev–Trinajstić information content (AvgIpc) is 2.81. The van der Waals surface area contributed by atoms with Crippen LogP contribution in [0, 0.1) is 11.3 Å². The molecule has 1 unspecified atom stereocenters. The molecule has 2 aliphatic rings. The molecule has 1 aromatic carbocycles. The van der Waals surface area contributed by atoms with Gasteiger partial charge < -0.3 is 10.5 Å². The van der Waals surface area contributed by atoms with E-state index in [9.17, 15) is 14.9 Å². The van der Waals surface area contributed by atoms with E-state index in [1.165, 1.54) is 11.2 Å². The Labute approximate surface area is 193 Å². The highest BCUT2D eigenvalue weighted by atomic mass is 79.9. The summed E-state index contributed by atoms with van der Waals surface area (Å²) in [6, 6.07) is 10.8. The standard InChI is InChI=1S/C23H20BrN5O3/c1-32-19-8-7-13(10-16(19)24)20-15(11-25)22(26)29(17-5-2-6-18(30)21(17)20)28-23(31)14-4-3-9-27-12-14/h3-4,7-10,12,20H,2,5-6,26H2,1H3,(H,28,31). The van der Waals surface area contributed by atoms with Gasteiger partial charge in [-0.1, -0.05) is 6.07 Å². The Kier molecular flexibility index (Phi) is 5.97. The molecule has 1 atom stereocenters. The normalized spacial score (nSPS) is 18.2. The molecule has 1 aromatic heterocycles. The smallest absolute Gasteiger partial charge is 0.271 e. The molecule has 162 valence electrons. The average molecular weight is 494 g/mol. The summed E-state index contributed by atoms with van der Waals surface area (Å²) in [6.45, 7) is 0. The van der Waals surface area contributed by atoms with Gasteiger partial charge in [0.15, 0.2) is 5.78 Å². The molecule has 2 aromatic rings. The maximum Gasteiger partial charge on any atom is 0.271 e. The van der Waals surface area contributed by atoms with Gasteiger partial charge in [0.05, 0.1) is 34.7 Å². The summed E-state index contributed by atoms with van der Waals surface area (Å²) in [5.41, 5.74) is 11.5. The fraction of sp³-hybridized carbons (Fsp3) is 0.217. The number of Topliss-reactive ketones (excluding diaryl/α,β-unsaturated/α-hetero) is 1. The second-order valence-electron chi connectivity index (χ2n) is 7.39. The highest BCUT2D eigenvalue weighted by Crippen LogP contribution is 2.45. The number of methoxy groups -OCH3 is 1. The molecule has 0 spiro atoms. The topological polar surface area (TPSA) is 121 Å². The van der Waals surface area contributed by atoms with Crippen molar-refractivity contribution in [2.24, 2.45) is 5.73 Å². The van der Waals surface area contributed by atoms with Crippen molar-refractivity contribution in [2.75, 3.05) is 7.11 Å². The van der Waals surface area contributed by atoms with Gasteiger partial charge in [0.25, 0.3) is 5.91 Å². The van der Waals surface area contributed by atoms with Gasteiger partial charge in [-0.3, -0.25) is 20.0 Å². The number of carbonyl (C=O) groups is 2. The van der Waals surface area contributed by atoms with E-state index in [4.69, 9.17) is 10.5 Å². The second kappa shape index (κ2) is 8.85. The lowest BCUT2D eigenvalue weighted by Gasteiger charge is -2.39. The van der Waals surface area contributed by atoms with E-state index >= 15 is 0 Å². The number of aromatic nitrogens is 1. The third kappa shape index (κ3) is 3.74. The highest BCUT2D eigenvalue weighted by molar-refractivity contribution is 9.10. The number of nitriles is 1. The van der Waals surface area contributed by atoms with Crippen LogP contribution >= 0.6 is 15.9 Å². The van der Waals surface area contributed by atoms with Crippen molar-refractivity contribution in [1.29, 1.82) is 5.26 Å². The number of hydrazine groups is 1. The van der Waals surface area contributed by atoms with Crippen LogP contribution in [0.5, 0.6) is 5.75 Å². The van der Waals surface area contributed by atoms with Gasteiger partial charge in [0.1, 0.15) is 11.6 Å². The number of hydrogen-bond donors (Lipinski definition) is 2. The zero-order valence-corrected chi connectivity index (χ0v) is 18.8. The number of ether oxygens (including phenoxy) is 1. The van der Waals surface area contributed by atoms with Crippen LogP contribution in [-0.2, 0) is 4.79 Å². The predicted octanol–water partition coefficient (Wildman–Crippen LogP) is 3.30. The van der Waals surface area contributed by atoms with Crippen LogP contribution < -0.4 is 15.9 Å². The molecule has 32 heavy (non-hydrogen) atoms. The van der Waals surface area contributed by atoms with E-state index in [-0.39, 0.29) is 17.2 Å². The summed E-state index contributed by atoms with van der Waals surface area (Å²) in [5, 5.41) is 11.4. The molecule has 0 saturated heterocycles. The summed E-state index contributed by atoms with van der Waals surface area (Å²) >= 11 is 3.47. The Morgan fingerprint density at radius 1 is 1.38 bits per heavy atom. The fourth-order valence-electron chi connectivity index (χ4n) is 4.07. The van der Waals surface area contributed by atoms with Gasteiger partial charge >= 0.3 is 0 Å². The lowest BCUT2D eigenvalue weighted by molar-refractivity contribution is -0.116. The molecule has 3 N–H and O–H groups in total. The Hall–Kier alpha value is -3.64. The molecule has 2 heterocycles. The van der Waals surface area contributed by atoms with E-state index in [0.717, 1.165) is 5.56 Å². The number of nitrogens with two attached hydrogens (primary N) is 1. The Morgan fingerprint density at radius 3 is 2.84 bits per heavy atom. The summed E-state index contributed by atoms with van der Waals surface area (Å²) in [4.78, 5) is 29.8. The van der Waals surface area contributed by atoms with Gasteiger partial charge in [-0.2, -0.15) is 5.26 Å². The monoisotopic (exact) mass is 493 g/mol. The number of hydrogen-bond acceptors (Lipinski definition) is 7. The molecule has 4 rings (SSSR count). The molecule has 0 fully saturated rings. The Morgan fingerprint density at radius 2 is 2.19 bits per heavy atom. The van der Waals surface area contributed by atoms with Gasteiger partial charge in [0, 0.05) is 30.1 Å². The first kappa shape index (κ1) is 21.6. The lowest BCUT2D eigenvalue weighted by Crippen LogP contribution is -2.48. The minimum atomic E-state index is -0.628. The molecule has 1 amide bonds. The second-order valence-corrected chi connectivity index (χ2v) is 8.25. The molecule has 0 saturated carbocycles. The molecular formula is C23H20BrN5O3. The molecular weight excluding hydrogens is 474 g/mol. The number of pyridine rings is 1. The first-order chi connectivity index (χ1) is 15.5. The van der Waals surface area contributed by atoms with Crippen molar-refractivity contribution in [2.45, 2.75) is 25.2 Å². The summed E-state index contributed by atoms with van der Waals surface area (Å²) in [7, 11) is 1.56. The highest BCUT2D eigenvalue weighted by Gasteiger charge is 2.40. The minimum absolute atomic E-state index is 0.0657. The molecule has 0 radical (unpaired) electrons. The summed E-state index contributed by atoms with van der Waals surface area (Å²) < 4.78 is 6.00. The Balaban J connectivity index is 1.82. The molecule has 1 aliphatic heterocycles. The number of nitrogens with one attached hydrogen (secondary N) is 1. The third-order valence-corrected chi connectivity index (χ3v) is 6.18. The van der Waals surface area contributed by atoms with E-state index in [0.29, 0.717) is 46.3 Å². The zero-order chi connectivity index (χ0) is 22.8. The largest absolute Gasteiger partial charge is 0.496 e. The zero-order valence-electron chi connectivity index (χ0n) is 17.3. The number of rotatable bonds is 4. The van der Waals surface area contributed by atoms with Crippen LogP contribution in [0.15, 0.2) is 69.9 Å². The van der Waals surface area contributed by atoms with Crippen molar-refractivity contribution in [1.82, 2.24) is 15.4 Å². The predicted molar refractivity (Wildman–Crippen MR) is 120 cm³/mol. The van der Waals surface area contributed by atoms with Gasteiger partial charge in [0.2, 0.25) is 0 Å². The molecule has 0 bridgehead atoms. The first-order valence-electron chi connectivity index (χ1n) is 9.96. The third-order valence-electron chi connectivity index (χ3n) is 5.56. The summed E-state index contributed by atoms with van der Waals surface area (Å²) in [5.74, 6) is -0.404. The van der Waals surface area contributed by atoms with Crippen LogP contribution in [-0.4, -0.2) is 28.8 Å². The SMILES string of the molecule is COc1ccc(C2C(C#N)=C(N)N(NC(=O)c3cccnc3)C3=C2C(=O)CCC3)cc1Br. The number of benzene rings is 1. The van der Waals surface area contributed by atoms with Crippen LogP contribution in [0.3, 0.4) is 0 Å². The number of amides is 1. The Bertz CT molecular complexity index is 1200. The van der Waals surface area contributed by atoms with E-state index in [1.807, 2.05) is 12.1 Å². The number of ketones is 1. The van der Waals surface area contributed by atoms with Crippen LogP contribution in [0.2, 0.25) is 0 Å². The van der Waals surface area contributed by atoms with Crippen molar-refractivity contribution in [3.05, 3.63) is 81.0 Å². The van der Waals surface area contributed by atoms with E-state index in [1.54, 1.807) is 31.5 Å².